The van der Waals surface area contributed by atoms with E-state index >= 15 is 0 Å². The number of hydrogen-bond acceptors (Lipinski definition) is 7. The highest BCUT2D eigenvalue weighted by atomic mass is 32.2. The van der Waals surface area contributed by atoms with Crippen LogP contribution in [0.5, 0.6) is 0 Å². The Bertz CT molecular complexity index is 1400. The quantitative estimate of drug-likeness (QED) is 0.390. The predicted molar refractivity (Wildman–Crippen MR) is 137 cm³/mol. The molecule has 34 heavy (non-hydrogen) atoms. The van der Waals surface area contributed by atoms with Crippen molar-refractivity contribution in [3.05, 3.63) is 59.5 Å². The number of para-hydroxylation sites is 1. The van der Waals surface area contributed by atoms with Gasteiger partial charge in [-0.2, -0.15) is 4.31 Å². The van der Waals surface area contributed by atoms with Crippen LogP contribution in [-0.2, 0) is 10.0 Å². The number of thiazole rings is 2. The molecule has 1 N–H and O–H groups in total. The summed E-state index contributed by atoms with van der Waals surface area (Å²) in [5, 5.41) is 5.93. The Balaban J connectivity index is 1.28. The molecule has 1 saturated heterocycles. The Labute approximate surface area is 206 Å². The van der Waals surface area contributed by atoms with Gasteiger partial charge in [-0.05, 0) is 54.7 Å². The van der Waals surface area contributed by atoms with E-state index in [0.717, 1.165) is 21.6 Å². The summed E-state index contributed by atoms with van der Waals surface area (Å²) < 4.78 is 28.8. The number of nitrogens with one attached hydrogen (secondary N) is 1. The zero-order chi connectivity index (χ0) is 23.9. The van der Waals surface area contributed by atoms with Crippen molar-refractivity contribution in [1.82, 2.24) is 14.3 Å². The van der Waals surface area contributed by atoms with Gasteiger partial charge < -0.3 is 0 Å². The summed E-state index contributed by atoms with van der Waals surface area (Å²) >= 11 is 2.88. The number of rotatable bonds is 5. The lowest BCUT2D eigenvalue weighted by molar-refractivity contribution is 0.102. The molecule has 3 heterocycles. The summed E-state index contributed by atoms with van der Waals surface area (Å²) in [7, 11) is -3.58. The van der Waals surface area contributed by atoms with Crippen molar-refractivity contribution >= 4 is 54.0 Å². The number of anilines is 1. The van der Waals surface area contributed by atoms with Crippen molar-refractivity contribution in [3.8, 4) is 10.7 Å². The molecule has 0 aliphatic carbocycles. The standard InChI is InChI=1S/C24H24N4O3S3/c1-15-11-16(2)13-28(12-15)34(30,31)18-9-7-17(8-10-18)22(29)27-24-26-20(14-32-24)23-25-19-5-3-4-6-21(19)33-23/h3-10,14-16H,11-13H2,1-2H3,(H,26,27,29). The summed E-state index contributed by atoms with van der Waals surface area (Å²) in [6.45, 7) is 5.20. The summed E-state index contributed by atoms with van der Waals surface area (Å²) in [6.07, 6.45) is 1.03. The van der Waals surface area contributed by atoms with Gasteiger partial charge in [-0.25, -0.2) is 18.4 Å². The van der Waals surface area contributed by atoms with Crippen LogP contribution in [0.1, 0.15) is 30.6 Å². The lowest BCUT2D eigenvalue weighted by Gasteiger charge is -2.34. The average molecular weight is 513 g/mol. The van der Waals surface area contributed by atoms with Gasteiger partial charge in [-0.1, -0.05) is 26.0 Å². The number of sulfonamides is 1. The molecule has 0 spiro atoms. The van der Waals surface area contributed by atoms with Crippen LogP contribution in [-0.4, -0.2) is 41.7 Å². The summed E-state index contributed by atoms with van der Waals surface area (Å²) in [6, 6.07) is 14.0. The molecule has 4 aromatic rings. The molecule has 2 atom stereocenters. The van der Waals surface area contributed by atoms with E-state index in [1.54, 1.807) is 27.8 Å². The van der Waals surface area contributed by atoms with Crippen LogP contribution in [0.15, 0.2) is 58.8 Å². The van der Waals surface area contributed by atoms with Crippen LogP contribution in [0, 0.1) is 11.8 Å². The van der Waals surface area contributed by atoms with Crippen LogP contribution in [0.2, 0.25) is 0 Å². The molecule has 0 radical (unpaired) electrons. The number of hydrogen-bond donors (Lipinski definition) is 1. The van der Waals surface area contributed by atoms with Crippen molar-refractivity contribution < 1.29 is 13.2 Å². The molecule has 1 amide bonds. The fraction of sp³-hybridized carbons (Fsp3) is 0.292. The van der Waals surface area contributed by atoms with E-state index in [0.29, 0.717) is 41.3 Å². The Morgan fingerprint density at radius 1 is 1.03 bits per heavy atom. The smallest absolute Gasteiger partial charge is 0.257 e. The van der Waals surface area contributed by atoms with E-state index in [2.05, 4.69) is 29.1 Å². The number of carbonyl (C=O) groups is 1. The number of benzene rings is 2. The Kier molecular flexibility index (Phi) is 6.24. The van der Waals surface area contributed by atoms with Crippen molar-refractivity contribution in [2.24, 2.45) is 11.8 Å². The molecule has 2 unspecified atom stereocenters. The van der Waals surface area contributed by atoms with E-state index in [4.69, 9.17) is 0 Å². The molecular formula is C24H24N4O3S3. The molecule has 1 aliphatic heterocycles. The monoisotopic (exact) mass is 512 g/mol. The molecule has 0 bridgehead atoms. The maximum Gasteiger partial charge on any atom is 0.257 e. The SMILES string of the molecule is CC1CC(C)CN(S(=O)(=O)c2ccc(C(=O)Nc3nc(-c4nc5ccccc5s4)cs3)cc2)C1. The average Bonchev–Trinajstić information content (AvgIpc) is 3.45. The van der Waals surface area contributed by atoms with Crippen molar-refractivity contribution in [2.75, 3.05) is 18.4 Å². The second-order valence-electron chi connectivity index (χ2n) is 8.77. The lowest BCUT2D eigenvalue weighted by Crippen LogP contribution is -2.42. The van der Waals surface area contributed by atoms with E-state index in [1.807, 2.05) is 29.6 Å². The second-order valence-corrected chi connectivity index (χ2v) is 12.6. The molecule has 7 nitrogen and oxygen atoms in total. The van der Waals surface area contributed by atoms with Gasteiger partial charge in [0.2, 0.25) is 10.0 Å². The molecule has 1 fully saturated rings. The van der Waals surface area contributed by atoms with E-state index in [1.165, 1.54) is 23.5 Å². The maximum atomic E-state index is 13.1. The van der Waals surface area contributed by atoms with Gasteiger partial charge in [-0.15, -0.1) is 22.7 Å². The first-order chi connectivity index (χ1) is 16.3. The second kappa shape index (κ2) is 9.18. The molecule has 0 saturated carbocycles. The van der Waals surface area contributed by atoms with Crippen LogP contribution < -0.4 is 5.32 Å². The van der Waals surface area contributed by atoms with Gasteiger partial charge in [0.05, 0.1) is 15.1 Å². The first-order valence-electron chi connectivity index (χ1n) is 11.0. The Morgan fingerprint density at radius 2 is 1.74 bits per heavy atom. The number of amides is 1. The van der Waals surface area contributed by atoms with E-state index in [-0.39, 0.29) is 10.8 Å². The van der Waals surface area contributed by atoms with Gasteiger partial charge in [0.25, 0.3) is 5.91 Å². The maximum absolute atomic E-state index is 13.1. The topological polar surface area (TPSA) is 92.3 Å². The third-order valence-corrected chi connectivity index (χ3v) is 9.49. The summed E-state index contributed by atoms with van der Waals surface area (Å²) in [5.74, 6) is 0.318. The van der Waals surface area contributed by atoms with Gasteiger partial charge in [0.15, 0.2) is 5.13 Å². The fourth-order valence-electron chi connectivity index (χ4n) is 4.31. The third-order valence-electron chi connectivity index (χ3n) is 5.83. The summed E-state index contributed by atoms with van der Waals surface area (Å²) in [5.41, 5.74) is 2.01. The van der Waals surface area contributed by atoms with Crippen molar-refractivity contribution in [1.29, 1.82) is 0 Å². The van der Waals surface area contributed by atoms with Crippen LogP contribution in [0.25, 0.3) is 20.9 Å². The Hall–Kier alpha value is -2.66. The van der Waals surface area contributed by atoms with Crippen LogP contribution in [0.3, 0.4) is 0 Å². The van der Waals surface area contributed by atoms with Crippen molar-refractivity contribution in [3.63, 3.8) is 0 Å². The van der Waals surface area contributed by atoms with E-state index in [9.17, 15) is 13.2 Å². The minimum absolute atomic E-state index is 0.206. The van der Waals surface area contributed by atoms with Crippen molar-refractivity contribution in [2.45, 2.75) is 25.2 Å². The van der Waals surface area contributed by atoms with Gasteiger partial charge >= 0.3 is 0 Å². The Morgan fingerprint density at radius 3 is 2.44 bits per heavy atom. The first kappa shape index (κ1) is 23.1. The highest BCUT2D eigenvalue weighted by molar-refractivity contribution is 7.89. The molecule has 2 aromatic carbocycles. The number of carbonyl (C=O) groups excluding carboxylic acids is 1. The number of piperidine rings is 1. The van der Waals surface area contributed by atoms with Crippen LogP contribution in [0.4, 0.5) is 5.13 Å². The first-order valence-corrected chi connectivity index (χ1v) is 14.2. The highest BCUT2D eigenvalue weighted by Gasteiger charge is 2.31. The summed E-state index contributed by atoms with van der Waals surface area (Å²) in [4.78, 5) is 22.0. The van der Waals surface area contributed by atoms with Crippen LogP contribution >= 0.6 is 22.7 Å². The van der Waals surface area contributed by atoms with E-state index < -0.39 is 10.0 Å². The van der Waals surface area contributed by atoms with Gasteiger partial charge in [0.1, 0.15) is 10.7 Å². The van der Waals surface area contributed by atoms with Gasteiger partial charge in [0, 0.05) is 24.0 Å². The third kappa shape index (κ3) is 4.63. The number of aromatic nitrogens is 2. The molecule has 5 rings (SSSR count). The lowest BCUT2D eigenvalue weighted by atomic mass is 9.94. The molecular weight excluding hydrogens is 488 g/mol. The zero-order valence-corrected chi connectivity index (χ0v) is 21.2. The molecule has 1 aliphatic rings. The highest BCUT2D eigenvalue weighted by Crippen LogP contribution is 2.32. The minimum Gasteiger partial charge on any atom is -0.298 e. The molecule has 2 aromatic heterocycles. The molecule has 176 valence electrons. The predicted octanol–water partition coefficient (Wildman–Crippen LogP) is 5.34. The normalized spacial score (nSPS) is 19.4. The van der Waals surface area contributed by atoms with Gasteiger partial charge in [-0.3, -0.25) is 10.1 Å². The number of nitrogens with zero attached hydrogens (tertiary/aromatic N) is 3. The largest absolute Gasteiger partial charge is 0.298 e. The number of fused-ring (bicyclic) bond motifs is 1. The molecule has 10 heteroatoms. The minimum atomic E-state index is -3.58. The fourth-order valence-corrected chi connectivity index (χ4v) is 7.68. The zero-order valence-electron chi connectivity index (χ0n) is 18.8.